The predicted octanol–water partition coefficient (Wildman–Crippen LogP) is 2.91. The highest BCUT2D eigenvalue weighted by molar-refractivity contribution is 5.77. The number of carbonyl (C=O) groups excluding carboxylic acids is 2. The van der Waals surface area contributed by atoms with Gasteiger partial charge in [0.2, 0.25) is 0 Å². The van der Waals surface area contributed by atoms with Crippen LogP contribution in [0, 0.1) is 17.3 Å². The summed E-state index contributed by atoms with van der Waals surface area (Å²) in [6.07, 6.45) is 4.07. The Kier molecular flexibility index (Phi) is 5.26. The lowest BCUT2D eigenvalue weighted by molar-refractivity contribution is -0.162. The molecule has 148 valence electrons. The van der Waals surface area contributed by atoms with Crippen molar-refractivity contribution in [3.8, 4) is 0 Å². The molecule has 3 rings (SSSR count). The second kappa shape index (κ2) is 7.02. The number of hydrogen-bond donors (Lipinski definition) is 0. The highest BCUT2D eigenvalue weighted by atomic mass is 16.6. The van der Waals surface area contributed by atoms with Gasteiger partial charge in [-0.1, -0.05) is 0 Å². The molecule has 0 bridgehead atoms. The number of piperidine rings is 1. The average molecular weight is 367 g/mol. The van der Waals surface area contributed by atoms with Crippen LogP contribution in [-0.2, 0) is 14.3 Å². The molecule has 0 aromatic carbocycles. The first-order valence-electron chi connectivity index (χ1n) is 9.92. The summed E-state index contributed by atoms with van der Waals surface area (Å²) < 4.78 is 10.4. The molecule has 1 saturated carbocycles. The molecule has 3 fully saturated rings. The molecule has 1 amide bonds. The van der Waals surface area contributed by atoms with E-state index >= 15 is 0 Å². The zero-order valence-corrected chi connectivity index (χ0v) is 16.9. The molecule has 0 N–H and O–H groups in total. The average Bonchev–Trinajstić information content (AvgIpc) is 2.48. The van der Waals surface area contributed by atoms with Gasteiger partial charge < -0.3 is 19.3 Å². The lowest BCUT2D eigenvalue weighted by Crippen LogP contribution is -2.59. The summed E-state index contributed by atoms with van der Waals surface area (Å²) >= 11 is 0. The summed E-state index contributed by atoms with van der Waals surface area (Å²) in [6, 6.07) is 0.504. The molecule has 0 aromatic rings. The predicted molar refractivity (Wildman–Crippen MR) is 98.7 cm³/mol. The lowest BCUT2D eigenvalue weighted by atomic mass is 9.65. The van der Waals surface area contributed by atoms with E-state index in [0.717, 1.165) is 39.0 Å². The SMILES string of the molecule is COC(=O)C1(C)CC(N2CCC[C@@H](C3CN(C(=O)OC(C)(C)C)C3)C2)C1. The third kappa shape index (κ3) is 4.00. The summed E-state index contributed by atoms with van der Waals surface area (Å²) in [5.74, 6) is 1.15. The Labute approximate surface area is 157 Å². The summed E-state index contributed by atoms with van der Waals surface area (Å²) in [7, 11) is 1.48. The van der Waals surface area contributed by atoms with Crippen molar-refractivity contribution in [1.29, 1.82) is 0 Å². The Hall–Kier alpha value is -1.30. The Morgan fingerprint density at radius 2 is 1.73 bits per heavy atom. The monoisotopic (exact) mass is 366 g/mol. The van der Waals surface area contributed by atoms with Crippen LogP contribution in [0.3, 0.4) is 0 Å². The van der Waals surface area contributed by atoms with E-state index in [9.17, 15) is 9.59 Å². The van der Waals surface area contributed by atoms with Crippen LogP contribution in [0.4, 0.5) is 4.79 Å². The van der Waals surface area contributed by atoms with E-state index in [-0.39, 0.29) is 17.5 Å². The van der Waals surface area contributed by atoms with E-state index in [1.807, 2.05) is 32.6 Å². The van der Waals surface area contributed by atoms with Crippen LogP contribution in [0.2, 0.25) is 0 Å². The topological polar surface area (TPSA) is 59.1 Å². The maximum Gasteiger partial charge on any atom is 0.410 e. The number of hydrogen-bond acceptors (Lipinski definition) is 5. The fraction of sp³-hybridized carbons (Fsp3) is 0.900. The molecule has 1 atom stereocenters. The van der Waals surface area contributed by atoms with Gasteiger partial charge >= 0.3 is 12.1 Å². The maximum atomic E-state index is 12.1. The number of ether oxygens (including phenoxy) is 2. The first-order chi connectivity index (χ1) is 12.1. The van der Waals surface area contributed by atoms with Crippen LogP contribution in [0.15, 0.2) is 0 Å². The second-order valence-electron chi connectivity index (χ2n) is 9.66. The summed E-state index contributed by atoms with van der Waals surface area (Å²) in [4.78, 5) is 28.4. The van der Waals surface area contributed by atoms with Crippen molar-refractivity contribution in [2.24, 2.45) is 17.3 Å². The molecule has 6 heteroatoms. The van der Waals surface area contributed by atoms with Gasteiger partial charge in [-0.15, -0.1) is 0 Å². The van der Waals surface area contributed by atoms with Gasteiger partial charge in [0.25, 0.3) is 0 Å². The van der Waals surface area contributed by atoms with Gasteiger partial charge in [0.1, 0.15) is 5.60 Å². The van der Waals surface area contributed by atoms with Crippen LogP contribution in [-0.4, -0.2) is 66.8 Å². The van der Waals surface area contributed by atoms with Crippen molar-refractivity contribution < 1.29 is 19.1 Å². The first kappa shape index (κ1) is 19.5. The number of methoxy groups -OCH3 is 1. The number of nitrogens with zero attached hydrogens (tertiary/aromatic N) is 2. The molecule has 0 radical (unpaired) electrons. The smallest absolute Gasteiger partial charge is 0.410 e. The van der Waals surface area contributed by atoms with E-state index in [1.165, 1.54) is 20.0 Å². The van der Waals surface area contributed by atoms with Crippen LogP contribution in [0.25, 0.3) is 0 Å². The van der Waals surface area contributed by atoms with Gasteiger partial charge in [-0.3, -0.25) is 4.79 Å². The second-order valence-corrected chi connectivity index (χ2v) is 9.66. The van der Waals surface area contributed by atoms with Crippen LogP contribution >= 0.6 is 0 Å². The zero-order valence-electron chi connectivity index (χ0n) is 16.9. The lowest BCUT2D eigenvalue weighted by Gasteiger charge is -2.52. The molecular formula is C20H34N2O4. The Morgan fingerprint density at radius 3 is 2.31 bits per heavy atom. The maximum absolute atomic E-state index is 12.1. The normalized spacial score (nSPS) is 33.2. The van der Waals surface area contributed by atoms with E-state index in [1.54, 1.807) is 0 Å². The highest BCUT2D eigenvalue weighted by Gasteiger charge is 2.50. The fourth-order valence-corrected chi connectivity index (χ4v) is 4.69. The summed E-state index contributed by atoms with van der Waals surface area (Å²) in [5, 5.41) is 0. The molecule has 2 heterocycles. The Balaban J connectivity index is 1.45. The largest absolute Gasteiger partial charge is 0.469 e. The Bertz CT molecular complexity index is 545. The van der Waals surface area contributed by atoms with Crippen molar-refractivity contribution in [2.45, 2.75) is 65.0 Å². The van der Waals surface area contributed by atoms with Crippen LogP contribution in [0.1, 0.15) is 53.4 Å². The minimum absolute atomic E-state index is 0.0747. The van der Waals surface area contributed by atoms with Crippen molar-refractivity contribution in [1.82, 2.24) is 9.80 Å². The number of rotatable bonds is 3. The van der Waals surface area contributed by atoms with Gasteiger partial charge in [0, 0.05) is 25.7 Å². The van der Waals surface area contributed by atoms with E-state index < -0.39 is 5.60 Å². The van der Waals surface area contributed by atoms with Gasteiger partial charge in [0.15, 0.2) is 0 Å². The van der Waals surface area contributed by atoms with Crippen LogP contribution in [0.5, 0.6) is 0 Å². The number of esters is 1. The third-order valence-electron chi connectivity index (χ3n) is 6.28. The minimum Gasteiger partial charge on any atom is -0.469 e. The van der Waals surface area contributed by atoms with Crippen molar-refractivity contribution in [3.05, 3.63) is 0 Å². The van der Waals surface area contributed by atoms with Gasteiger partial charge in [0.05, 0.1) is 12.5 Å². The van der Waals surface area contributed by atoms with Gasteiger partial charge in [-0.05, 0) is 71.8 Å². The molecule has 2 aliphatic heterocycles. The molecule has 0 aromatic heterocycles. The quantitative estimate of drug-likeness (QED) is 0.719. The number of carbonyl (C=O) groups is 2. The van der Waals surface area contributed by atoms with E-state index in [4.69, 9.17) is 9.47 Å². The van der Waals surface area contributed by atoms with Crippen molar-refractivity contribution in [3.63, 3.8) is 0 Å². The van der Waals surface area contributed by atoms with E-state index in [0.29, 0.717) is 17.9 Å². The summed E-state index contributed by atoms with van der Waals surface area (Å²) in [6.45, 7) is 11.6. The highest BCUT2D eigenvalue weighted by Crippen LogP contribution is 2.46. The molecule has 0 spiro atoms. The number of likely N-dealkylation sites (tertiary alicyclic amines) is 2. The van der Waals surface area contributed by atoms with E-state index in [2.05, 4.69) is 4.90 Å². The molecule has 0 unspecified atom stereocenters. The molecule has 3 aliphatic rings. The standard InChI is InChI=1S/C20H34N2O4/c1-19(2,3)26-18(24)22-12-15(13-22)14-7-6-8-21(11-14)16-9-20(4,10-16)17(23)25-5/h14-16H,6-13H2,1-5H3/t14-,16?,20?/m1/s1. The molecule has 1 aliphatic carbocycles. The van der Waals surface area contributed by atoms with Crippen molar-refractivity contribution >= 4 is 12.1 Å². The first-order valence-corrected chi connectivity index (χ1v) is 9.92. The molecule has 2 saturated heterocycles. The number of amides is 1. The fourth-order valence-electron chi connectivity index (χ4n) is 4.69. The van der Waals surface area contributed by atoms with Gasteiger partial charge in [-0.2, -0.15) is 0 Å². The van der Waals surface area contributed by atoms with Crippen molar-refractivity contribution in [2.75, 3.05) is 33.3 Å². The molecule has 6 nitrogen and oxygen atoms in total. The zero-order chi connectivity index (χ0) is 19.1. The Morgan fingerprint density at radius 1 is 1.08 bits per heavy atom. The molecular weight excluding hydrogens is 332 g/mol. The summed E-state index contributed by atoms with van der Waals surface area (Å²) in [5.41, 5.74) is -0.726. The third-order valence-corrected chi connectivity index (χ3v) is 6.28. The minimum atomic E-state index is -0.430. The van der Waals surface area contributed by atoms with Crippen LogP contribution < -0.4 is 0 Å². The van der Waals surface area contributed by atoms with Gasteiger partial charge in [-0.25, -0.2) is 4.79 Å². The molecule has 26 heavy (non-hydrogen) atoms.